The lowest BCUT2D eigenvalue weighted by Crippen LogP contribution is -2.36. The van der Waals surface area contributed by atoms with Crippen molar-refractivity contribution >= 4 is 17.9 Å². The van der Waals surface area contributed by atoms with E-state index >= 15 is 0 Å². The maximum atomic E-state index is 14.9. The lowest BCUT2D eigenvalue weighted by atomic mass is 9.91. The van der Waals surface area contributed by atoms with Gasteiger partial charge in [0, 0.05) is 50.8 Å². The van der Waals surface area contributed by atoms with Gasteiger partial charge in [-0.3, -0.25) is 9.48 Å². The largest absolute Gasteiger partial charge is 0.380 e. The van der Waals surface area contributed by atoms with E-state index in [0.717, 1.165) is 46.9 Å². The molecule has 3 heterocycles. The van der Waals surface area contributed by atoms with Gasteiger partial charge in [0.2, 0.25) is 12.3 Å². The number of aromatic nitrogens is 3. The Morgan fingerprint density at radius 3 is 2.45 bits per heavy atom. The number of amides is 1. The number of alkyl halides is 2. The van der Waals surface area contributed by atoms with Gasteiger partial charge in [0.05, 0.1) is 30.8 Å². The molecule has 3 aromatic rings. The van der Waals surface area contributed by atoms with Gasteiger partial charge in [0.1, 0.15) is 11.6 Å². The van der Waals surface area contributed by atoms with Crippen molar-refractivity contribution in [1.82, 2.24) is 14.8 Å². The minimum absolute atomic E-state index is 0.174. The highest BCUT2D eigenvalue weighted by molar-refractivity contribution is 5.78. The summed E-state index contributed by atoms with van der Waals surface area (Å²) in [6, 6.07) is 7.14. The van der Waals surface area contributed by atoms with Gasteiger partial charge in [0.15, 0.2) is 0 Å². The first-order valence-electron chi connectivity index (χ1n) is 12.6. The second kappa shape index (κ2) is 11.8. The minimum atomic E-state index is -2.62. The lowest BCUT2D eigenvalue weighted by molar-refractivity contribution is -0.106. The molecule has 5 rings (SSSR count). The van der Waals surface area contributed by atoms with Crippen LogP contribution < -0.4 is 16.0 Å². The number of morpholine rings is 1. The standard InChI is InChI=1S/C26H30F3N5O.CH3NO/c1-17-11-22(27)24(31-20-3-5-26(28,29)6-4-20)14-21(17)18-12-23(19-15-30-33(2)16-19)32-25(13-18)34-7-9-35-10-8-34;2-1-3/h11-16,20,31H,3-10H2,1-2H3;1H,(H2,2,3). The first-order chi connectivity index (χ1) is 18.2. The van der Waals surface area contributed by atoms with Crippen molar-refractivity contribution in [3.05, 3.63) is 48.0 Å². The van der Waals surface area contributed by atoms with Gasteiger partial charge in [-0.15, -0.1) is 0 Å². The Balaban J connectivity index is 0.00000107. The van der Waals surface area contributed by atoms with E-state index in [0.29, 0.717) is 31.7 Å². The Labute approximate surface area is 220 Å². The third kappa shape index (κ3) is 6.63. The van der Waals surface area contributed by atoms with Gasteiger partial charge in [-0.1, -0.05) is 0 Å². The molecule has 1 amide bonds. The average Bonchev–Trinajstić information content (AvgIpc) is 3.34. The molecule has 0 radical (unpaired) electrons. The van der Waals surface area contributed by atoms with Crippen molar-refractivity contribution in [2.24, 2.45) is 12.8 Å². The Morgan fingerprint density at radius 2 is 1.82 bits per heavy atom. The van der Waals surface area contributed by atoms with E-state index in [1.165, 1.54) is 6.07 Å². The van der Waals surface area contributed by atoms with Gasteiger partial charge in [-0.25, -0.2) is 18.2 Å². The second-order valence-electron chi connectivity index (χ2n) is 9.66. The van der Waals surface area contributed by atoms with E-state index in [9.17, 15) is 13.2 Å². The van der Waals surface area contributed by atoms with Gasteiger partial charge < -0.3 is 20.7 Å². The summed E-state index contributed by atoms with van der Waals surface area (Å²) < 4.78 is 49.3. The summed E-state index contributed by atoms with van der Waals surface area (Å²) in [5.41, 5.74) is 8.76. The number of benzene rings is 1. The Kier molecular flexibility index (Phi) is 8.55. The molecule has 1 aliphatic carbocycles. The number of pyridine rings is 1. The number of nitrogens with zero attached hydrogens (tertiary/aromatic N) is 4. The van der Waals surface area contributed by atoms with Gasteiger partial charge in [-0.05, 0) is 60.7 Å². The van der Waals surface area contributed by atoms with Crippen molar-refractivity contribution in [1.29, 1.82) is 0 Å². The summed E-state index contributed by atoms with van der Waals surface area (Å²) in [5, 5.41) is 7.47. The summed E-state index contributed by atoms with van der Waals surface area (Å²) in [4.78, 5) is 15.7. The van der Waals surface area contributed by atoms with Crippen molar-refractivity contribution < 1.29 is 22.7 Å². The van der Waals surface area contributed by atoms with Crippen molar-refractivity contribution in [2.75, 3.05) is 36.5 Å². The number of nitrogens with one attached hydrogen (secondary N) is 1. The smallest absolute Gasteiger partial charge is 0.248 e. The molecule has 0 bridgehead atoms. The Bertz CT molecular complexity index is 1250. The van der Waals surface area contributed by atoms with E-state index in [4.69, 9.17) is 14.5 Å². The van der Waals surface area contributed by atoms with Crippen LogP contribution in [-0.2, 0) is 16.6 Å². The average molecular weight is 531 g/mol. The number of rotatable bonds is 5. The molecule has 0 atom stereocenters. The second-order valence-corrected chi connectivity index (χ2v) is 9.66. The van der Waals surface area contributed by atoms with Gasteiger partial charge >= 0.3 is 0 Å². The molecule has 2 fully saturated rings. The summed E-state index contributed by atoms with van der Waals surface area (Å²) >= 11 is 0. The van der Waals surface area contributed by atoms with Crippen LogP contribution in [0.2, 0.25) is 0 Å². The third-order valence-corrected chi connectivity index (χ3v) is 6.85. The summed E-state index contributed by atoms with van der Waals surface area (Å²) in [7, 11) is 1.86. The number of primary amides is 1. The molecule has 11 heteroatoms. The molecule has 2 aliphatic rings. The Morgan fingerprint density at radius 1 is 1.13 bits per heavy atom. The summed E-state index contributed by atoms with van der Waals surface area (Å²) in [6.07, 6.45) is 4.23. The van der Waals surface area contributed by atoms with Crippen LogP contribution in [0.4, 0.5) is 24.7 Å². The molecule has 204 valence electrons. The molecule has 8 nitrogen and oxygen atoms in total. The predicted molar refractivity (Wildman–Crippen MR) is 141 cm³/mol. The zero-order valence-electron chi connectivity index (χ0n) is 21.6. The SMILES string of the molecule is Cc1cc(F)c(NC2CCC(F)(F)CC2)cc1-c1cc(-c2cnn(C)c2)nc(N2CCOCC2)c1.NC=O. The number of hydrogen-bond acceptors (Lipinski definition) is 6. The monoisotopic (exact) mass is 530 g/mol. The van der Waals surface area contributed by atoms with Crippen LogP contribution in [0.5, 0.6) is 0 Å². The van der Waals surface area contributed by atoms with Crippen molar-refractivity contribution in [3.63, 3.8) is 0 Å². The number of aryl methyl sites for hydroxylation is 2. The molecule has 1 aliphatic heterocycles. The number of carbonyl (C=O) groups excluding carboxylic acids is 1. The number of carbonyl (C=O) groups is 1. The molecular formula is C27H33F3N6O2. The third-order valence-electron chi connectivity index (χ3n) is 6.85. The van der Waals surface area contributed by atoms with Crippen LogP contribution in [0.15, 0.2) is 36.7 Å². The summed E-state index contributed by atoms with van der Waals surface area (Å²) in [5.74, 6) is -2.17. The van der Waals surface area contributed by atoms with Gasteiger partial charge in [0.25, 0.3) is 0 Å². The maximum absolute atomic E-state index is 14.9. The maximum Gasteiger partial charge on any atom is 0.248 e. The fourth-order valence-electron chi connectivity index (χ4n) is 4.83. The normalized spacial score (nSPS) is 17.4. The zero-order chi connectivity index (χ0) is 27.3. The first-order valence-corrected chi connectivity index (χ1v) is 12.6. The van der Waals surface area contributed by atoms with E-state index < -0.39 is 5.92 Å². The molecule has 1 saturated carbocycles. The van der Waals surface area contributed by atoms with Crippen LogP contribution >= 0.6 is 0 Å². The zero-order valence-corrected chi connectivity index (χ0v) is 21.6. The first kappa shape index (κ1) is 27.4. The van der Waals surface area contributed by atoms with Gasteiger partial charge in [-0.2, -0.15) is 5.10 Å². The van der Waals surface area contributed by atoms with Crippen LogP contribution in [-0.4, -0.2) is 59.4 Å². The predicted octanol–water partition coefficient (Wildman–Crippen LogP) is 4.52. The molecule has 2 aromatic heterocycles. The van der Waals surface area contributed by atoms with Crippen molar-refractivity contribution in [3.8, 4) is 22.4 Å². The molecule has 3 N–H and O–H groups in total. The molecule has 0 spiro atoms. The summed E-state index contributed by atoms with van der Waals surface area (Å²) in [6.45, 7) is 4.63. The van der Waals surface area contributed by atoms with E-state index in [1.807, 2.05) is 32.3 Å². The number of hydrogen-bond donors (Lipinski definition) is 2. The molecule has 1 aromatic carbocycles. The minimum Gasteiger partial charge on any atom is -0.380 e. The van der Waals surface area contributed by atoms with Crippen LogP contribution in [0.1, 0.15) is 31.2 Å². The van der Waals surface area contributed by atoms with Crippen LogP contribution in [0.25, 0.3) is 22.4 Å². The molecular weight excluding hydrogens is 497 g/mol. The van der Waals surface area contributed by atoms with Crippen LogP contribution in [0.3, 0.4) is 0 Å². The topological polar surface area (TPSA) is 98.3 Å². The highest BCUT2D eigenvalue weighted by Gasteiger charge is 2.35. The fourth-order valence-corrected chi connectivity index (χ4v) is 4.83. The number of halogens is 3. The Hall–Kier alpha value is -3.60. The highest BCUT2D eigenvalue weighted by atomic mass is 19.3. The van der Waals surface area contributed by atoms with Crippen LogP contribution in [0, 0.1) is 12.7 Å². The molecule has 38 heavy (non-hydrogen) atoms. The molecule has 0 unspecified atom stereocenters. The molecule has 1 saturated heterocycles. The van der Waals surface area contributed by atoms with Crippen molar-refractivity contribution in [2.45, 2.75) is 44.6 Å². The number of ether oxygens (including phenoxy) is 1. The quantitative estimate of drug-likeness (QED) is 0.471. The lowest BCUT2D eigenvalue weighted by Gasteiger charge is -2.30. The van der Waals surface area contributed by atoms with E-state index in [-0.39, 0.29) is 31.1 Å². The van der Waals surface area contributed by atoms with E-state index in [2.05, 4.69) is 21.0 Å². The number of anilines is 2. The number of nitrogens with two attached hydrogens (primary N) is 1. The fraction of sp³-hybridized carbons (Fsp3) is 0.444. The highest BCUT2D eigenvalue weighted by Crippen LogP contribution is 2.37. The van der Waals surface area contributed by atoms with E-state index in [1.54, 1.807) is 16.9 Å².